The van der Waals surface area contributed by atoms with Gasteiger partial charge in [-0.05, 0) is 103 Å². The summed E-state index contributed by atoms with van der Waals surface area (Å²) < 4.78 is 16.9. The van der Waals surface area contributed by atoms with Crippen LogP contribution in [0.15, 0.2) is 109 Å². The average Bonchev–Trinajstić information content (AvgIpc) is 3.46. The second-order valence-corrected chi connectivity index (χ2v) is 22.3. The van der Waals surface area contributed by atoms with Crippen LogP contribution in [-0.4, -0.2) is 37.2 Å². The highest BCUT2D eigenvalue weighted by Gasteiger charge is 2.19. The molecular weight excluding hydrogens is 985 g/mol. The van der Waals surface area contributed by atoms with Gasteiger partial charge in [-0.3, -0.25) is 14.4 Å². The maximum Gasteiger partial charge on any atom is 0.306 e. The molecule has 0 spiro atoms. The van der Waals surface area contributed by atoms with Crippen LogP contribution in [0, 0.1) is 0 Å². The molecule has 1 unspecified atom stereocenters. The van der Waals surface area contributed by atoms with Crippen LogP contribution >= 0.6 is 0 Å². The van der Waals surface area contributed by atoms with Crippen LogP contribution in [0.3, 0.4) is 0 Å². The fourth-order valence-electron chi connectivity index (χ4n) is 9.52. The van der Waals surface area contributed by atoms with Gasteiger partial charge < -0.3 is 14.2 Å². The minimum absolute atomic E-state index is 0.0976. The Bertz CT molecular complexity index is 1610. The first-order valence-corrected chi connectivity index (χ1v) is 33.9. The molecule has 0 aliphatic heterocycles. The summed E-state index contributed by atoms with van der Waals surface area (Å²) in [6.45, 7) is 6.41. The largest absolute Gasteiger partial charge is 0.462 e. The fourth-order valence-corrected chi connectivity index (χ4v) is 9.52. The van der Waals surface area contributed by atoms with E-state index >= 15 is 0 Å². The van der Waals surface area contributed by atoms with E-state index in [4.69, 9.17) is 14.2 Å². The molecule has 0 bridgehead atoms. The minimum atomic E-state index is -0.808. The summed E-state index contributed by atoms with van der Waals surface area (Å²) in [5.41, 5.74) is 0. The number of ether oxygens (including phenoxy) is 3. The number of allylic oxidation sites excluding steroid dienone is 18. The van der Waals surface area contributed by atoms with E-state index in [0.717, 1.165) is 116 Å². The predicted octanol–water partition coefficient (Wildman–Crippen LogP) is 23.4. The van der Waals surface area contributed by atoms with Crippen molar-refractivity contribution in [2.45, 2.75) is 329 Å². The Morgan fingerprint density at radius 1 is 0.263 bits per heavy atom. The molecule has 6 heteroatoms. The normalized spacial score (nSPS) is 12.8. The third-order valence-electron chi connectivity index (χ3n) is 14.5. The Balaban J connectivity index is 4.42. The molecule has 0 heterocycles. The summed E-state index contributed by atoms with van der Waals surface area (Å²) >= 11 is 0. The van der Waals surface area contributed by atoms with Gasteiger partial charge in [0.2, 0.25) is 0 Å². The molecule has 458 valence electrons. The maximum absolute atomic E-state index is 12.9. The molecule has 0 radical (unpaired) electrons. The van der Waals surface area contributed by atoms with Crippen molar-refractivity contribution in [1.82, 2.24) is 0 Å². The van der Waals surface area contributed by atoms with E-state index in [0.29, 0.717) is 19.3 Å². The highest BCUT2D eigenvalue weighted by Crippen LogP contribution is 2.17. The molecule has 0 aromatic rings. The van der Waals surface area contributed by atoms with E-state index < -0.39 is 6.10 Å². The van der Waals surface area contributed by atoms with Gasteiger partial charge >= 0.3 is 17.9 Å². The first kappa shape index (κ1) is 76.1. The Morgan fingerprint density at radius 3 is 0.787 bits per heavy atom. The van der Waals surface area contributed by atoms with Crippen LogP contribution in [0.4, 0.5) is 0 Å². The second-order valence-electron chi connectivity index (χ2n) is 22.3. The van der Waals surface area contributed by atoms with Crippen molar-refractivity contribution >= 4 is 17.9 Å². The predicted molar refractivity (Wildman–Crippen MR) is 348 cm³/mol. The zero-order chi connectivity index (χ0) is 57.8. The molecule has 0 saturated carbocycles. The number of carbonyl (C=O) groups excluding carboxylic acids is 3. The molecule has 0 rings (SSSR count). The van der Waals surface area contributed by atoms with Gasteiger partial charge in [0.25, 0.3) is 0 Å². The molecule has 6 nitrogen and oxygen atoms in total. The van der Waals surface area contributed by atoms with Gasteiger partial charge in [0, 0.05) is 19.3 Å². The lowest BCUT2D eigenvalue weighted by atomic mass is 10.0. The minimum Gasteiger partial charge on any atom is -0.462 e. The molecule has 80 heavy (non-hydrogen) atoms. The van der Waals surface area contributed by atoms with E-state index in [2.05, 4.69) is 130 Å². The third-order valence-corrected chi connectivity index (χ3v) is 14.5. The average molecular weight is 1110 g/mol. The Hall–Kier alpha value is -3.93. The molecule has 1 atom stereocenters. The van der Waals surface area contributed by atoms with E-state index in [-0.39, 0.29) is 37.5 Å². The fraction of sp³-hybridized carbons (Fsp3) is 0.716. The topological polar surface area (TPSA) is 78.9 Å². The second kappa shape index (κ2) is 67.6. The number of hydrogen-bond donors (Lipinski definition) is 0. The highest BCUT2D eigenvalue weighted by molar-refractivity contribution is 5.71. The Morgan fingerprint density at radius 2 is 0.487 bits per heavy atom. The van der Waals surface area contributed by atoms with Gasteiger partial charge in [0.05, 0.1) is 0 Å². The van der Waals surface area contributed by atoms with Crippen molar-refractivity contribution in [2.24, 2.45) is 0 Å². The molecule has 0 fully saturated rings. The van der Waals surface area contributed by atoms with Crippen LogP contribution < -0.4 is 0 Å². The van der Waals surface area contributed by atoms with Crippen LogP contribution in [0.1, 0.15) is 323 Å². The highest BCUT2D eigenvalue weighted by atomic mass is 16.6. The van der Waals surface area contributed by atoms with Gasteiger partial charge in [-0.1, -0.05) is 310 Å². The first-order chi connectivity index (χ1) is 39.5. The van der Waals surface area contributed by atoms with E-state index in [9.17, 15) is 14.4 Å². The molecule has 0 aromatic carbocycles. The van der Waals surface area contributed by atoms with Gasteiger partial charge in [-0.15, -0.1) is 0 Å². The summed E-state index contributed by atoms with van der Waals surface area (Å²) in [6, 6.07) is 0. The number of unbranched alkanes of at least 4 members (excludes halogenated alkanes) is 32. The lowest BCUT2D eigenvalue weighted by Gasteiger charge is -2.18. The SMILES string of the molecule is CC/C=C\C/C=C\C/C=C\C/C=C\C/C=C\C/C=C\CCCCC(=O)OC(COC(=O)CCCCCCCCC/C=C\C/C=C\C/C=C\CC)COC(=O)CCCCCCCCCCCCCCCCCCCCCCCCCC. The van der Waals surface area contributed by atoms with Crippen molar-refractivity contribution in [1.29, 1.82) is 0 Å². The zero-order valence-corrected chi connectivity index (χ0v) is 52.6. The molecule has 0 N–H and O–H groups in total. The van der Waals surface area contributed by atoms with Crippen LogP contribution in [0.5, 0.6) is 0 Å². The van der Waals surface area contributed by atoms with Crippen molar-refractivity contribution in [3.8, 4) is 0 Å². The lowest BCUT2D eigenvalue weighted by molar-refractivity contribution is -0.167. The van der Waals surface area contributed by atoms with E-state index in [1.165, 1.54) is 161 Å². The first-order valence-electron chi connectivity index (χ1n) is 33.9. The smallest absolute Gasteiger partial charge is 0.306 e. The van der Waals surface area contributed by atoms with Crippen molar-refractivity contribution in [2.75, 3.05) is 13.2 Å². The molecule has 0 saturated heterocycles. The van der Waals surface area contributed by atoms with Crippen molar-refractivity contribution < 1.29 is 28.6 Å². The van der Waals surface area contributed by atoms with Crippen molar-refractivity contribution in [3.63, 3.8) is 0 Å². The van der Waals surface area contributed by atoms with Crippen molar-refractivity contribution in [3.05, 3.63) is 109 Å². The van der Waals surface area contributed by atoms with Gasteiger partial charge in [-0.2, -0.15) is 0 Å². The molecule has 0 amide bonds. The Labute approximate surface area is 495 Å². The molecule has 0 aromatic heterocycles. The maximum atomic E-state index is 12.9. The summed E-state index contributed by atoms with van der Waals surface area (Å²) in [6.07, 6.45) is 92.5. The number of hydrogen-bond acceptors (Lipinski definition) is 6. The number of esters is 3. The zero-order valence-electron chi connectivity index (χ0n) is 52.6. The van der Waals surface area contributed by atoms with Crippen LogP contribution in [-0.2, 0) is 28.6 Å². The molecular formula is C74H126O6. The lowest BCUT2D eigenvalue weighted by Crippen LogP contribution is -2.30. The van der Waals surface area contributed by atoms with Crippen LogP contribution in [0.2, 0.25) is 0 Å². The summed E-state index contributed by atoms with van der Waals surface area (Å²) in [5, 5.41) is 0. The summed E-state index contributed by atoms with van der Waals surface area (Å²) in [4.78, 5) is 38.4. The van der Waals surface area contributed by atoms with E-state index in [1.54, 1.807) is 0 Å². The van der Waals surface area contributed by atoms with Gasteiger partial charge in [0.15, 0.2) is 6.10 Å². The Kier molecular flexibility index (Phi) is 64.3. The van der Waals surface area contributed by atoms with E-state index in [1.807, 2.05) is 0 Å². The third kappa shape index (κ3) is 64.9. The summed E-state index contributed by atoms with van der Waals surface area (Å²) in [5.74, 6) is -0.940. The standard InChI is InChI=1S/C74H126O6/c1-4-7-10-13-16-19-22-25-28-31-33-35-36-37-39-40-43-46-49-52-55-58-61-64-67-73(76)79-70-71(69-78-72(75)66-63-60-57-54-51-48-45-42-30-27-24-21-18-15-12-9-6-3)80-74(77)68-65-62-59-56-53-50-47-44-41-38-34-32-29-26-23-20-17-14-11-8-5-2/h8-9,11-12,17-18,20-21,26-27,29-30,34,38,44,47,53,56,71H,4-7,10,13-16,19,22-25,28,31-33,35-37,39-43,45-46,48-52,54-55,57-70H2,1-3H3/b11-8-,12-9-,20-17-,21-18-,29-26-,30-27-,38-34-,47-44-,56-53-. The molecule has 0 aliphatic carbocycles. The van der Waals surface area contributed by atoms with Crippen LogP contribution in [0.25, 0.3) is 0 Å². The van der Waals surface area contributed by atoms with Gasteiger partial charge in [0.1, 0.15) is 13.2 Å². The monoisotopic (exact) mass is 1110 g/mol. The molecule has 0 aliphatic rings. The number of rotatable bonds is 61. The number of carbonyl (C=O) groups is 3. The van der Waals surface area contributed by atoms with Gasteiger partial charge in [-0.25, -0.2) is 0 Å². The summed E-state index contributed by atoms with van der Waals surface area (Å²) in [7, 11) is 0. The quantitative estimate of drug-likeness (QED) is 0.0261.